The highest BCUT2D eigenvalue weighted by Gasteiger charge is 2.07. The van der Waals surface area contributed by atoms with Crippen LogP contribution >= 0.6 is 0 Å². The molecule has 0 radical (unpaired) electrons. The maximum Gasteiger partial charge on any atom is 0.194 e. The molecule has 0 aliphatic heterocycles. The van der Waals surface area contributed by atoms with E-state index in [9.17, 15) is 4.39 Å². The van der Waals surface area contributed by atoms with E-state index >= 15 is 0 Å². The van der Waals surface area contributed by atoms with Gasteiger partial charge in [0.05, 0.1) is 12.2 Å². The standard InChI is InChI=1S/C16H20FN5/c1-12-19-8-7-15(21-12)10-20-16(18-2)22(3)11-13-5-4-6-14(17)9-13/h4-9H,10-11H2,1-3H3,(H,18,20). The Morgan fingerprint density at radius 1 is 1.36 bits per heavy atom. The zero-order valence-corrected chi connectivity index (χ0v) is 13.0. The van der Waals surface area contributed by atoms with Crippen molar-refractivity contribution < 1.29 is 4.39 Å². The summed E-state index contributed by atoms with van der Waals surface area (Å²) in [7, 11) is 3.63. The van der Waals surface area contributed by atoms with E-state index in [1.54, 1.807) is 19.3 Å². The van der Waals surface area contributed by atoms with Crippen molar-refractivity contribution in [2.75, 3.05) is 14.1 Å². The molecule has 1 heterocycles. The summed E-state index contributed by atoms with van der Waals surface area (Å²) in [6, 6.07) is 8.42. The lowest BCUT2D eigenvalue weighted by molar-refractivity contribution is 0.474. The van der Waals surface area contributed by atoms with Gasteiger partial charge in [0.2, 0.25) is 0 Å². The second-order valence-electron chi connectivity index (χ2n) is 4.98. The van der Waals surface area contributed by atoms with Crippen molar-refractivity contribution in [3.63, 3.8) is 0 Å². The third-order valence-electron chi connectivity index (χ3n) is 3.14. The summed E-state index contributed by atoms with van der Waals surface area (Å²) < 4.78 is 13.2. The Bertz CT molecular complexity index is 656. The quantitative estimate of drug-likeness (QED) is 0.694. The molecule has 0 saturated carbocycles. The molecule has 0 aliphatic rings. The van der Waals surface area contributed by atoms with Crippen LogP contribution in [-0.4, -0.2) is 34.9 Å². The lowest BCUT2D eigenvalue weighted by atomic mass is 10.2. The minimum Gasteiger partial charge on any atom is -0.351 e. The van der Waals surface area contributed by atoms with E-state index in [1.807, 2.05) is 31.0 Å². The Morgan fingerprint density at radius 2 is 2.18 bits per heavy atom. The van der Waals surface area contributed by atoms with Gasteiger partial charge in [0.25, 0.3) is 0 Å². The van der Waals surface area contributed by atoms with Gasteiger partial charge >= 0.3 is 0 Å². The van der Waals surface area contributed by atoms with E-state index in [0.717, 1.165) is 23.0 Å². The number of aromatic nitrogens is 2. The van der Waals surface area contributed by atoms with E-state index < -0.39 is 0 Å². The molecular formula is C16H20FN5. The van der Waals surface area contributed by atoms with Crippen LogP contribution in [0.5, 0.6) is 0 Å². The van der Waals surface area contributed by atoms with Crippen LogP contribution in [0.3, 0.4) is 0 Å². The van der Waals surface area contributed by atoms with Crippen molar-refractivity contribution in [1.82, 2.24) is 20.2 Å². The first kappa shape index (κ1) is 15.9. The minimum absolute atomic E-state index is 0.231. The molecule has 22 heavy (non-hydrogen) atoms. The Balaban J connectivity index is 1.96. The average Bonchev–Trinajstić information content (AvgIpc) is 2.48. The Kier molecular flexibility index (Phi) is 5.41. The number of rotatable bonds is 4. The molecular weight excluding hydrogens is 281 g/mol. The number of aliphatic imine (C=N–C) groups is 1. The number of aryl methyl sites for hydroxylation is 1. The second kappa shape index (κ2) is 7.49. The predicted octanol–water partition coefficient (Wildman–Crippen LogP) is 2.13. The summed E-state index contributed by atoms with van der Waals surface area (Å²) in [5, 5.41) is 3.24. The lowest BCUT2D eigenvalue weighted by Gasteiger charge is -2.22. The van der Waals surface area contributed by atoms with E-state index in [-0.39, 0.29) is 5.82 Å². The number of halogens is 1. The van der Waals surface area contributed by atoms with Crippen molar-refractivity contribution in [3.05, 3.63) is 59.4 Å². The average molecular weight is 301 g/mol. The van der Waals surface area contributed by atoms with Crippen LogP contribution in [0, 0.1) is 12.7 Å². The number of nitrogens with zero attached hydrogens (tertiary/aromatic N) is 4. The van der Waals surface area contributed by atoms with Crippen LogP contribution in [0.1, 0.15) is 17.1 Å². The summed E-state index contributed by atoms with van der Waals surface area (Å²) in [5.41, 5.74) is 1.79. The van der Waals surface area contributed by atoms with Gasteiger partial charge in [0.15, 0.2) is 5.96 Å². The molecule has 2 aromatic rings. The molecule has 5 nitrogen and oxygen atoms in total. The predicted molar refractivity (Wildman–Crippen MR) is 84.8 cm³/mol. The van der Waals surface area contributed by atoms with Crippen LogP contribution < -0.4 is 5.32 Å². The largest absolute Gasteiger partial charge is 0.351 e. The second-order valence-corrected chi connectivity index (χ2v) is 4.98. The van der Waals surface area contributed by atoms with Crippen LogP contribution in [0.15, 0.2) is 41.5 Å². The molecule has 0 spiro atoms. The van der Waals surface area contributed by atoms with Gasteiger partial charge in [-0.25, -0.2) is 14.4 Å². The Labute approximate surface area is 129 Å². The SMILES string of the molecule is CN=C(NCc1ccnc(C)n1)N(C)Cc1cccc(F)c1. The molecule has 0 saturated heterocycles. The Morgan fingerprint density at radius 3 is 2.86 bits per heavy atom. The number of benzene rings is 1. The highest BCUT2D eigenvalue weighted by Crippen LogP contribution is 2.06. The van der Waals surface area contributed by atoms with Gasteiger partial charge in [-0.3, -0.25) is 4.99 Å². The monoisotopic (exact) mass is 301 g/mol. The summed E-state index contributed by atoms with van der Waals surface area (Å²) in [5.74, 6) is 1.23. The molecule has 0 aliphatic carbocycles. The van der Waals surface area contributed by atoms with Gasteiger partial charge in [-0.05, 0) is 30.7 Å². The summed E-state index contributed by atoms with van der Waals surface area (Å²) in [4.78, 5) is 14.6. The van der Waals surface area contributed by atoms with Crippen molar-refractivity contribution >= 4 is 5.96 Å². The van der Waals surface area contributed by atoms with E-state index in [1.165, 1.54) is 12.1 Å². The molecule has 1 aromatic carbocycles. The fourth-order valence-corrected chi connectivity index (χ4v) is 2.14. The molecule has 1 N–H and O–H groups in total. The lowest BCUT2D eigenvalue weighted by Crippen LogP contribution is -2.38. The number of hydrogen-bond acceptors (Lipinski definition) is 3. The van der Waals surface area contributed by atoms with Crippen LogP contribution in [0.4, 0.5) is 4.39 Å². The van der Waals surface area contributed by atoms with Crippen LogP contribution in [-0.2, 0) is 13.1 Å². The fourth-order valence-electron chi connectivity index (χ4n) is 2.14. The molecule has 1 aromatic heterocycles. The van der Waals surface area contributed by atoms with Gasteiger partial charge in [-0.2, -0.15) is 0 Å². The van der Waals surface area contributed by atoms with Gasteiger partial charge in [0, 0.05) is 26.8 Å². The summed E-state index contributed by atoms with van der Waals surface area (Å²) >= 11 is 0. The first-order valence-electron chi connectivity index (χ1n) is 7.03. The van der Waals surface area contributed by atoms with Crippen molar-refractivity contribution in [1.29, 1.82) is 0 Å². The number of guanidine groups is 1. The zero-order valence-electron chi connectivity index (χ0n) is 13.0. The molecule has 6 heteroatoms. The topological polar surface area (TPSA) is 53.4 Å². The fraction of sp³-hybridized carbons (Fsp3) is 0.312. The highest BCUT2D eigenvalue weighted by molar-refractivity contribution is 5.79. The minimum atomic E-state index is -0.231. The molecule has 0 fully saturated rings. The van der Waals surface area contributed by atoms with E-state index in [4.69, 9.17) is 0 Å². The molecule has 2 rings (SSSR count). The first-order valence-corrected chi connectivity index (χ1v) is 7.03. The zero-order chi connectivity index (χ0) is 15.9. The van der Waals surface area contributed by atoms with E-state index in [0.29, 0.717) is 13.1 Å². The first-order chi connectivity index (χ1) is 10.6. The third kappa shape index (κ3) is 4.51. The number of hydrogen-bond donors (Lipinski definition) is 1. The molecule has 0 bridgehead atoms. The normalized spacial score (nSPS) is 11.4. The summed E-state index contributed by atoms with van der Waals surface area (Å²) in [6.07, 6.45) is 1.73. The van der Waals surface area contributed by atoms with Gasteiger partial charge in [0.1, 0.15) is 11.6 Å². The van der Waals surface area contributed by atoms with Gasteiger partial charge < -0.3 is 10.2 Å². The van der Waals surface area contributed by atoms with Crippen molar-refractivity contribution in [2.24, 2.45) is 4.99 Å². The molecule has 116 valence electrons. The summed E-state index contributed by atoms with van der Waals surface area (Å²) in [6.45, 7) is 2.98. The number of nitrogens with one attached hydrogen (secondary N) is 1. The smallest absolute Gasteiger partial charge is 0.194 e. The highest BCUT2D eigenvalue weighted by atomic mass is 19.1. The maximum absolute atomic E-state index is 13.2. The Hall–Kier alpha value is -2.50. The van der Waals surface area contributed by atoms with Crippen molar-refractivity contribution in [2.45, 2.75) is 20.0 Å². The molecule has 0 unspecified atom stereocenters. The van der Waals surface area contributed by atoms with Crippen molar-refractivity contribution in [3.8, 4) is 0 Å². The maximum atomic E-state index is 13.2. The van der Waals surface area contributed by atoms with Gasteiger partial charge in [-0.15, -0.1) is 0 Å². The molecule has 0 atom stereocenters. The van der Waals surface area contributed by atoms with Crippen LogP contribution in [0.25, 0.3) is 0 Å². The van der Waals surface area contributed by atoms with Gasteiger partial charge in [-0.1, -0.05) is 12.1 Å². The third-order valence-corrected chi connectivity index (χ3v) is 3.14. The van der Waals surface area contributed by atoms with E-state index in [2.05, 4.69) is 20.3 Å². The molecule has 0 amide bonds. The van der Waals surface area contributed by atoms with Crippen LogP contribution in [0.2, 0.25) is 0 Å².